The van der Waals surface area contributed by atoms with Gasteiger partial charge in [0.05, 0.1) is 5.56 Å². The zero-order chi connectivity index (χ0) is 25.9. The third-order valence-corrected chi connectivity index (χ3v) is 6.75. The number of carbonyl (C=O) groups is 3. The van der Waals surface area contributed by atoms with Gasteiger partial charge in [0.25, 0.3) is 0 Å². The summed E-state index contributed by atoms with van der Waals surface area (Å²) in [5, 5.41) is 18.5. The van der Waals surface area contributed by atoms with Crippen LogP contribution in [0.3, 0.4) is 0 Å². The average Bonchev–Trinajstić information content (AvgIpc) is 3.36. The minimum Gasteiger partial charge on any atom is -0.508 e. The minimum atomic E-state index is -1.11. The van der Waals surface area contributed by atoms with Gasteiger partial charge < -0.3 is 19.7 Å². The number of carbonyl (C=O) groups excluding carboxylic acids is 2. The molecule has 0 amide bonds. The van der Waals surface area contributed by atoms with E-state index in [4.69, 9.17) is 14.6 Å². The van der Waals surface area contributed by atoms with E-state index < -0.39 is 17.9 Å². The van der Waals surface area contributed by atoms with Crippen molar-refractivity contribution in [1.82, 2.24) is 0 Å². The summed E-state index contributed by atoms with van der Waals surface area (Å²) in [7, 11) is 0. The van der Waals surface area contributed by atoms with Crippen LogP contribution >= 0.6 is 11.3 Å². The number of benzene rings is 3. The molecule has 182 valence electrons. The maximum Gasteiger partial charge on any atom is 0.353 e. The van der Waals surface area contributed by atoms with Crippen molar-refractivity contribution in [3.63, 3.8) is 0 Å². The maximum atomic E-state index is 12.6. The molecule has 0 unspecified atom stereocenters. The summed E-state index contributed by atoms with van der Waals surface area (Å²) in [6.45, 7) is 4.14. The second-order valence-electron chi connectivity index (χ2n) is 8.47. The lowest BCUT2D eigenvalue weighted by Gasteiger charge is -2.26. The molecule has 2 N–H and O–H groups in total. The van der Waals surface area contributed by atoms with Crippen molar-refractivity contribution < 1.29 is 34.1 Å². The van der Waals surface area contributed by atoms with Crippen LogP contribution < -0.4 is 9.47 Å². The highest BCUT2D eigenvalue weighted by Gasteiger charge is 2.23. The Morgan fingerprint density at radius 2 is 1.14 bits per heavy atom. The van der Waals surface area contributed by atoms with Crippen LogP contribution in [0.2, 0.25) is 0 Å². The standard InChI is InChI=1S/C28H22O7S/c1-28(2,18-5-9-20(29)10-6-18)19-7-13-22(14-8-19)34-26(32)17-3-11-21(12-4-17)35-27(33)24-16-15-23(36-24)25(30)31/h3-16,29H,1-2H3,(H,30,31). The van der Waals surface area contributed by atoms with Gasteiger partial charge in [-0.1, -0.05) is 38.1 Å². The Labute approximate surface area is 211 Å². The maximum absolute atomic E-state index is 12.6. The quantitative estimate of drug-likeness (QED) is 0.239. The van der Waals surface area contributed by atoms with Crippen molar-refractivity contribution in [2.24, 2.45) is 0 Å². The fourth-order valence-electron chi connectivity index (χ4n) is 3.53. The second-order valence-corrected chi connectivity index (χ2v) is 9.55. The first-order valence-corrected chi connectivity index (χ1v) is 11.7. The summed E-state index contributed by atoms with van der Waals surface area (Å²) in [6, 6.07) is 22.9. The number of carboxylic acids is 1. The van der Waals surface area contributed by atoms with E-state index in [0.717, 1.165) is 22.5 Å². The van der Waals surface area contributed by atoms with E-state index in [-0.39, 0.29) is 32.2 Å². The summed E-state index contributed by atoms with van der Waals surface area (Å²) in [5.74, 6) is -1.56. The Morgan fingerprint density at radius 1 is 0.667 bits per heavy atom. The molecule has 0 bridgehead atoms. The van der Waals surface area contributed by atoms with E-state index in [1.54, 1.807) is 24.3 Å². The number of aromatic carboxylic acids is 1. The summed E-state index contributed by atoms with van der Waals surface area (Å²) < 4.78 is 10.7. The molecule has 7 nitrogen and oxygen atoms in total. The third-order valence-electron chi connectivity index (χ3n) is 5.69. The molecular weight excluding hydrogens is 480 g/mol. The summed E-state index contributed by atoms with van der Waals surface area (Å²) >= 11 is 0.821. The first-order chi connectivity index (χ1) is 17.1. The molecule has 0 atom stereocenters. The fourth-order valence-corrected chi connectivity index (χ4v) is 4.25. The molecular formula is C28H22O7S. The first kappa shape index (κ1) is 24.7. The molecule has 4 rings (SSSR count). The summed E-state index contributed by atoms with van der Waals surface area (Å²) in [5.41, 5.74) is 2.00. The number of hydrogen-bond donors (Lipinski definition) is 2. The van der Waals surface area contributed by atoms with Crippen molar-refractivity contribution >= 4 is 29.2 Å². The van der Waals surface area contributed by atoms with Crippen molar-refractivity contribution in [3.05, 3.63) is 111 Å². The van der Waals surface area contributed by atoms with E-state index in [1.807, 2.05) is 24.3 Å². The molecule has 0 aliphatic rings. The van der Waals surface area contributed by atoms with Crippen LogP contribution in [0.5, 0.6) is 17.2 Å². The van der Waals surface area contributed by atoms with Crippen LogP contribution in [0, 0.1) is 0 Å². The van der Waals surface area contributed by atoms with Crippen LogP contribution in [0.25, 0.3) is 0 Å². The minimum absolute atomic E-state index is 0.0389. The molecule has 4 aromatic rings. The van der Waals surface area contributed by atoms with Crippen LogP contribution in [0.1, 0.15) is 54.7 Å². The highest BCUT2D eigenvalue weighted by atomic mass is 32.1. The number of phenolic OH excluding ortho intramolecular Hbond substituents is 1. The highest BCUT2D eigenvalue weighted by molar-refractivity contribution is 7.15. The lowest BCUT2D eigenvalue weighted by Crippen LogP contribution is -2.18. The van der Waals surface area contributed by atoms with Gasteiger partial charge >= 0.3 is 17.9 Å². The van der Waals surface area contributed by atoms with Crippen LogP contribution in [-0.4, -0.2) is 28.1 Å². The molecule has 1 heterocycles. The van der Waals surface area contributed by atoms with E-state index >= 15 is 0 Å². The molecule has 36 heavy (non-hydrogen) atoms. The molecule has 0 saturated carbocycles. The summed E-state index contributed by atoms with van der Waals surface area (Å²) in [4.78, 5) is 35.9. The number of carboxylic acid groups (broad SMARTS) is 1. The zero-order valence-electron chi connectivity index (χ0n) is 19.4. The predicted octanol–water partition coefficient (Wildman–Crippen LogP) is 5.92. The topological polar surface area (TPSA) is 110 Å². The van der Waals surface area contributed by atoms with Gasteiger partial charge in [-0.25, -0.2) is 14.4 Å². The number of phenols is 1. The summed E-state index contributed by atoms with van der Waals surface area (Å²) in [6.07, 6.45) is 0. The Kier molecular flexibility index (Phi) is 6.89. The molecule has 0 fully saturated rings. The number of thiophene rings is 1. The average molecular weight is 503 g/mol. The van der Waals surface area contributed by atoms with E-state index in [2.05, 4.69) is 13.8 Å². The Bertz CT molecular complexity index is 1400. The predicted molar refractivity (Wildman–Crippen MR) is 134 cm³/mol. The van der Waals surface area contributed by atoms with Gasteiger partial charge in [0.2, 0.25) is 0 Å². The molecule has 0 radical (unpaired) electrons. The largest absolute Gasteiger partial charge is 0.508 e. The third kappa shape index (κ3) is 5.45. The lowest BCUT2D eigenvalue weighted by molar-refractivity contribution is 0.0698. The number of ether oxygens (including phenoxy) is 2. The molecule has 3 aromatic carbocycles. The van der Waals surface area contributed by atoms with Gasteiger partial charge in [-0.05, 0) is 71.8 Å². The van der Waals surface area contributed by atoms with Gasteiger partial charge in [-0.2, -0.15) is 0 Å². The van der Waals surface area contributed by atoms with Crippen molar-refractivity contribution in [2.75, 3.05) is 0 Å². The Hall–Kier alpha value is -4.43. The highest BCUT2D eigenvalue weighted by Crippen LogP contribution is 2.33. The van der Waals surface area contributed by atoms with Crippen LogP contribution in [0.15, 0.2) is 84.9 Å². The van der Waals surface area contributed by atoms with Gasteiger partial charge in [-0.3, -0.25) is 0 Å². The smallest absolute Gasteiger partial charge is 0.353 e. The van der Waals surface area contributed by atoms with Crippen LogP contribution in [-0.2, 0) is 5.41 Å². The fraction of sp³-hybridized carbons (Fsp3) is 0.107. The Balaban J connectivity index is 1.38. The monoisotopic (exact) mass is 502 g/mol. The van der Waals surface area contributed by atoms with Gasteiger partial charge in [0.15, 0.2) is 0 Å². The second kappa shape index (κ2) is 10.1. The number of aromatic hydroxyl groups is 1. The molecule has 0 saturated heterocycles. The Morgan fingerprint density at radius 3 is 1.67 bits per heavy atom. The van der Waals surface area contributed by atoms with E-state index in [0.29, 0.717) is 5.75 Å². The number of hydrogen-bond acceptors (Lipinski definition) is 7. The molecule has 1 aromatic heterocycles. The van der Waals surface area contributed by atoms with Crippen LogP contribution in [0.4, 0.5) is 0 Å². The number of esters is 2. The molecule has 0 aliphatic heterocycles. The normalized spacial score (nSPS) is 11.1. The lowest BCUT2D eigenvalue weighted by atomic mass is 9.78. The van der Waals surface area contributed by atoms with Gasteiger partial charge in [0.1, 0.15) is 27.0 Å². The number of rotatable bonds is 7. The SMILES string of the molecule is CC(C)(c1ccc(O)cc1)c1ccc(OC(=O)c2ccc(OC(=O)c3ccc(C(=O)O)s3)cc2)cc1. The van der Waals surface area contributed by atoms with Crippen molar-refractivity contribution in [3.8, 4) is 17.2 Å². The zero-order valence-corrected chi connectivity index (χ0v) is 20.2. The van der Waals surface area contributed by atoms with E-state index in [9.17, 15) is 19.5 Å². The van der Waals surface area contributed by atoms with E-state index in [1.165, 1.54) is 36.4 Å². The molecule has 0 aliphatic carbocycles. The van der Waals surface area contributed by atoms with Gasteiger partial charge in [-0.15, -0.1) is 11.3 Å². The molecule has 0 spiro atoms. The first-order valence-electron chi connectivity index (χ1n) is 10.9. The van der Waals surface area contributed by atoms with Crippen molar-refractivity contribution in [2.45, 2.75) is 19.3 Å². The molecule has 8 heteroatoms. The van der Waals surface area contributed by atoms with Crippen molar-refractivity contribution in [1.29, 1.82) is 0 Å². The van der Waals surface area contributed by atoms with Gasteiger partial charge in [0, 0.05) is 5.41 Å².